The Morgan fingerprint density at radius 3 is 2.83 bits per heavy atom. The fourth-order valence-corrected chi connectivity index (χ4v) is 4.35. The number of rotatable bonds is 6. The van der Waals surface area contributed by atoms with Gasteiger partial charge >= 0.3 is 0 Å². The third kappa shape index (κ3) is 3.68. The van der Waals surface area contributed by atoms with Crippen LogP contribution in [0.4, 0.5) is 5.69 Å². The summed E-state index contributed by atoms with van der Waals surface area (Å²) in [5.41, 5.74) is 5.08. The molecule has 0 bridgehead atoms. The maximum atomic E-state index is 11.5. The molecule has 0 aliphatic heterocycles. The van der Waals surface area contributed by atoms with Crippen molar-refractivity contribution in [2.75, 3.05) is 11.0 Å². The predicted molar refractivity (Wildman–Crippen MR) is 98.1 cm³/mol. The highest BCUT2D eigenvalue weighted by Crippen LogP contribution is 2.35. The Morgan fingerprint density at radius 2 is 2.17 bits per heavy atom. The number of benzene rings is 1. The second-order valence-electron chi connectivity index (χ2n) is 5.65. The van der Waals surface area contributed by atoms with Gasteiger partial charge in [-0.25, -0.2) is 13.4 Å². The van der Waals surface area contributed by atoms with Gasteiger partial charge in [0.25, 0.3) is 0 Å². The van der Waals surface area contributed by atoms with Crippen molar-refractivity contribution in [1.82, 2.24) is 9.97 Å². The molecule has 0 aliphatic carbocycles. The van der Waals surface area contributed by atoms with Crippen molar-refractivity contribution in [3.05, 3.63) is 69.9 Å². The van der Waals surface area contributed by atoms with Gasteiger partial charge in [0.1, 0.15) is 0 Å². The molecule has 0 radical (unpaired) electrons. The van der Waals surface area contributed by atoms with Gasteiger partial charge in [0.05, 0.1) is 18.5 Å². The van der Waals surface area contributed by atoms with Gasteiger partial charge in [0, 0.05) is 17.6 Å². The van der Waals surface area contributed by atoms with Crippen LogP contribution >= 0.6 is 11.3 Å². The number of hydrogen-bond donors (Lipinski definition) is 2. The number of aromatic amines is 1. The summed E-state index contributed by atoms with van der Waals surface area (Å²) in [5.74, 6) is -0.00462. The van der Waals surface area contributed by atoms with Crippen LogP contribution in [0.5, 0.6) is 0 Å². The molecule has 126 valence electrons. The number of anilines is 1. The first kappa shape index (κ1) is 16.7. The van der Waals surface area contributed by atoms with E-state index in [9.17, 15) is 8.42 Å². The lowest BCUT2D eigenvalue weighted by Gasteiger charge is -2.18. The zero-order valence-corrected chi connectivity index (χ0v) is 15.1. The summed E-state index contributed by atoms with van der Waals surface area (Å²) in [5, 5.41) is 4.32. The quantitative estimate of drug-likeness (QED) is 0.704. The van der Waals surface area contributed by atoms with Crippen LogP contribution in [-0.2, 0) is 16.4 Å². The van der Waals surface area contributed by atoms with Gasteiger partial charge in [-0.2, -0.15) is 11.3 Å². The molecular weight excluding hydrogens is 342 g/mol. The predicted octanol–water partition coefficient (Wildman–Crippen LogP) is 3.59. The molecule has 0 fully saturated rings. The van der Waals surface area contributed by atoms with E-state index in [1.54, 1.807) is 23.7 Å². The maximum absolute atomic E-state index is 11.5. The smallest absolute Gasteiger partial charge is 0.229 e. The number of sulfonamides is 1. The van der Waals surface area contributed by atoms with E-state index in [0.29, 0.717) is 5.69 Å². The van der Waals surface area contributed by atoms with Crippen LogP contribution in [0.2, 0.25) is 0 Å². The standard InChI is InChI=1S/C17H19N3O2S2/c1-3-12-9-23-10-15(12)17(16-8-18-11-19-16)13-5-4-6-14(7-13)20-24(2,21)22/h4-11,17,20H,3H2,1-2H3,(H,18,19). The molecular formula is C17H19N3O2S2. The number of imidazole rings is 1. The van der Waals surface area contributed by atoms with Gasteiger partial charge in [-0.05, 0) is 46.0 Å². The Kier molecular flexibility index (Phi) is 4.73. The number of hydrogen-bond acceptors (Lipinski definition) is 4. The van der Waals surface area contributed by atoms with E-state index < -0.39 is 10.0 Å². The van der Waals surface area contributed by atoms with Gasteiger partial charge in [0.15, 0.2) is 0 Å². The van der Waals surface area contributed by atoms with Crippen molar-refractivity contribution in [3.63, 3.8) is 0 Å². The summed E-state index contributed by atoms with van der Waals surface area (Å²) in [6.45, 7) is 2.14. The normalized spacial score (nSPS) is 12.9. The number of aromatic nitrogens is 2. The van der Waals surface area contributed by atoms with E-state index in [4.69, 9.17) is 0 Å². The molecule has 24 heavy (non-hydrogen) atoms. The van der Waals surface area contributed by atoms with Crippen LogP contribution in [0.3, 0.4) is 0 Å². The summed E-state index contributed by atoms with van der Waals surface area (Å²) < 4.78 is 25.6. The summed E-state index contributed by atoms with van der Waals surface area (Å²) in [6, 6.07) is 7.51. The van der Waals surface area contributed by atoms with E-state index in [1.165, 1.54) is 11.1 Å². The first-order valence-electron chi connectivity index (χ1n) is 7.59. The third-order valence-electron chi connectivity index (χ3n) is 3.82. The summed E-state index contributed by atoms with van der Waals surface area (Å²) in [4.78, 5) is 7.35. The lowest BCUT2D eigenvalue weighted by molar-refractivity contribution is 0.607. The molecule has 0 aliphatic rings. The monoisotopic (exact) mass is 361 g/mol. The largest absolute Gasteiger partial charge is 0.348 e. The second-order valence-corrected chi connectivity index (χ2v) is 8.14. The lowest BCUT2D eigenvalue weighted by Crippen LogP contribution is -2.11. The second kappa shape index (κ2) is 6.78. The van der Waals surface area contributed by atoms with E-state index >= 15 is 0 Å². The van der Waals surface area contributed by atoms with Gasteiger partial charge in [0.2, 0.25) is 10.0 Å². The van der Waals surface area contributed by atoms with Crippen molar-refractivity contribution < 1.29 is 8.42 Å². The van der Waals surface area contributed by atoms with Crippen LogP contribution in [0.15, 0.2) is 47.5 Å². The molecule has 2 heterocycles. The van der Waals surface area contributed by atoms with E-state index in [1.807, 2.05) is 24.4 Å². The minimum absolute atomic E-state index is 0.00462. The summed E-state index contributed by atoms with van der Waals surface area (Å²) in [6.07, 6.45) is 5.59. The highest BCUT2D eigenvalue weighted by Gasteiger charge is 2.21. The van der Waals surface area contributed by atoms with E-state index in [0.717, 1.165) is 23.9 Å². The molecule has 0 saturated heterocycles. The van der Waals surface area contributed by atoms with Crippen LogP contribution in [0.1, 0.15) is 35.2 Å². The Hall–Kier alpha value is -2.12. The number of H-pyrrole nitrogens is 1. The van der Waals surface area contributed by atoms with E-state index in [2.05, 4.69) is 32.4 Å². The summed E-state index contributed by atoms with van der Waals surface area (Å²) >= 11 is 1.68. The molecule has 1 atom stereocenters. The van der Waals surface area contributed by atoms with Gasteiger partial charge < -0.3 is 4.98 Å². The molecule has 5 nitrogen and oxygen atoms in total. The van der Waals surface area contributed by atoms with Gasteiger partial charge in [-0.3, -0.25) is 4.72 Å². The van der Waals surface area contributed by atoms with Crippen molar-refractivity contribution in [3.8, 4) is 0 Å². The fraction of sp³-hybridized carbons (Fsp3) is 0.235. The van der Waals surface area contributed by atoms with Gasteiger partial charge in [-0.15, -0.1) is 0 Å². The molecule has 7 heteroatoms. The first-order chi connectivity index (χ1) is 11.5. The minimum Gasteiger partial charge on any atom is -0.348 e. The molecule has 0 spiro atoms. The van der Waals surface area contributed by atoms with Gasteiger partial charge in [-0.1, -0.05) is 19.1 Å². The Bertz CT molecular complexity index is 915. The zero-order chi connectivity index (χ0) is 17.2. The Labute approximate surface area is 145 Å². The van der Waals surface area contributed by atoms with Crippen molar-refractivity contribution in [2.45, 2.75) is 19.3 Å². The highest BCUT2D eigenvalue weighted by atomic mass is 32.2. The van der Waals surface area contributed by atoms with Crippen molar-refractivity contribution in [1.29, 1.82) is 0 Å². The molecule has 3 rings (SSSR count). The molecule has 1 unspecified atom stereocenters. The van der Waals surface area contributed by atoms with Crippen LogP contribution in [0.25, 0.3) is 0 Å². The number of nitrogens with zero attached hydrogens (tertiary/aromatic N) is 1. The minimum atomic E-state index is -3.31. The highest BCUT2D eigenvalue weighted by molar-refractivity contribution is 7.92. The molecule has 2 aromatic heterocycles. The van der Waals surface area contributed by atoms with Crippen molar-refractivity contribution in [2.24, 2.45) is 0 Å². The first-order valence-corrected chi connectivity index (χ1v) is 10.4. The summed E-state index contributed by atoms with van der Waals surface area (Å²) in [7, 11) is -3.31. The topological polar surface area (TPSA) is 74.8 Å². The molecule has 1 aromatic carbocycles. The van der Waals surface area contributed by atoms with Crippen LogP contribution in [-0.4, -0.2) is 24.6 Å². The maximum Gasteiger partial charge on any atom is 0.229 e. The molecule has 0 amide bonds. The van der Waals surface area contributed by atoms with E-state index in [-0.39, 0.29) is 5.92 Å². The number of aryl methyl sites for hydroxylation is 1. The fourth-order valence-electron chi connectivity index (χ4n) is 2.82. The molecule has 0 saturated carbocycles. The average Bonchev–Trinajstić information content (AvgIpc) is 3.18. The SMILES string of the molecule is CCc1cscc1C(c1cccc(NS(C)(=O)=O)c1)c1cnc[nH]1. The Balaban J connectivity index is 2.09. The number of nitrogens with one attached hydrogen (secondary N) is 2. The van der Waals surface area contributed by atoms with Crippen LogP contribution < -0.4 is 4.72 Å². The van der Waals surface area contributed by atoms with Crippen molar-refractivity contribution >= 4 is 27.0 Å². The average molecular weight is 361 g/mol. The molecule has 3 aromatic rings. The zero-order valence-electron chi connectivity index (χ0n) is 13.5. The molecule has 2 N–H and O–H groups in total. The Morgan fingerprint density at radius 1 is 1.33 bits per heavy atom. The number of thiophene rings is 1. The lowest BCUT2D eigenvalue weighted by atomic mass is 9.87. The third-order valence-corrected chi connectivity index (χ3v) is 5.24. The van der Waals surface area contributed by atoms with Crippen LogP contribution in [0, 0.1) is 0 Å².